The average Bonchev–Trinajstić information content (AvgIpc) is 2.59. The number of rotatable bonds is 6. The smallest absolute Gasteiger partial charge is 0.280 e. The summed E-state index contributed by atoms with van der Waals surface area (Å²) >= 11 is 0. The Kier molecular flexibility index (Phi) is 5.38. The predicted molar refractivity (Wildman–Crippen MR) is 91.9 cm³/mol. The Balaban J connectivity index is 2.39. The Morgan fingerprint density at radius 1 is 1.08 bits per heavy atom. The molecule has 0 aromatic heterocycles. The van der Waals surface area contributed by atoms with Crippen molar-refractivity contribution >= 4 is 15.7 Å². The summed E-state index contributed by atoms with van der Waals surface area (Å²) < 4.78 is 35.1. The summed E-state index contributed by atoms with van der Waals surface area (Å²) in [6, 6.07) is 8.47. The number of aromatic hydroxyl groups is 2. The number of hydrogen-bond donors (Lipinski definition) is 3. The van der Waals surface area contributed by atoms with Crippen molar-refractivity contribution in [3.05, 3.63) is 42.0 Å². The van der Waals surface area contributed by atoms with Crippen LogP contribution in [0.3, 0.4) is 0 Å². The molecule has 0 heterocycles. The van der Waals surface area contributed by atoms with Crippen LogP contribution < -0.4 is 14.3 Å². The summed E-state index contributed by atoms with van der Waals surface area (Å²) in [7, 11) is -1.32. The van der Waals surface area contributed by atoms with Crippen LogP contribution in [0.25, 0.3) is 0 Å². The van der Waals surface area contributed by atoms with Crippen LogP contribution in [0, 0.1) is 0 Å². The molecule has 3 N–H and O–H groups in total. The van der Waals surface area contributed by atoms with E-state index in [1.165, 1.54) is 51.5 Å². The van der Waals surface area contributed by atoms with Gasteiger partial charge in [-0.25, -0.2) is 0 Å². The Morgan fingerprint density at radius 2 is 1.72 bits per heavy atom. The molecule has 2 aromatic rings. The quantitative estimate of drug-likeness (QED) is 0.530. The van der Waals surface area contributed by atoms with Crippen LogP contribution in [0.5, 0.6) is 23.0 Å². The highest BCUT2D eigenvalue weighted by Gasteiger charge is 2.21. The van der Waals surface area contributed by atoms with Crippen molar-refractivity contribution in [3.8, 4) is 23.0 Å². The first-order valence-corrected chi connectivity index (χ1v) is 8.58. The molecule has 9 heteroatoms. The van der Waals surface area contributed by atoms with Gasteiger partial charge in [0.1, 0.15) is 27.9 Å². The lowest BCUT2D eigenvalue weighted by molar-refractivity contribution is 0.392. The number of ether oxygens (including phenoxy) is 2. The Morgan fingerprint density at radius 3 is 2.28 bits per heavy atom. The minimum absolute atomic E-state index is 0.0304. The molecule has 25 heavy (non-hydrogen) atoms. The van der Waals surface area contributed by atoms with Gasteiger partial charge in [-0.3, -0.25) is 0 Å². The van der Waals surface area contributed by atoms with Crippen LogP contribution >= 0.6 is 0 Å². The summed E-state index contributed by atoms with van der Waals surface area (Å²) in [5, 5.41) is 23.4. The van der Waals surface area contributed by atoms with Crippen LogP contribution in [0.4, 0.5) is 0 Å². The van der Waals surface area contributed by atoms with Gasteiger partial charge in [0.2, 0.25) is 0 Å². The molecule has 0 aliphatic carbocycles. The monoisotopic (exact) mass is 366 g/mol. The van der Waals surface area contributed by atoms with Crippen LogP contribution in [0.2, 0.25) is 0 Å². The Bertz CT molecular complexity index is 889. The first kappa shape index (κ1) is 18.4. The molecule has 0 atom stereocenters. The van der Waals surface area contributed by atoms with E-state index in [0.29, 0.717) is 5.75 Å². The normalized spacial score (nSPS) is 11.9. The van der Waals surface area contributed by atoms with Gasteiger partial charge in [-0.15, -0.1) is 0 Å². The highest BCUT2D eigenvalue weighted by Crippen LogP contribution is 2.29. The zero-order valence-electron chi connectivity index (χ0n) is 13.8. The van der Waals surface area contributed by atoms with Crippen molar-refractivity contribution in [1.29, 1.82) is 0 Å². The van der Waals surface area contributed by atoms with Crippen molar-refractivity contribution < 1.29 is 28.1 Å². The van der Waals surface area contributed by atoms with E-state index in [4.69, 9.17) is 9.47 Å². The van der Waals surface area contributed by atoms with E-state index in [9.17, 15) is 18.6 Å². The van der Waals surface area contributed by atoms with E-state index in [1.807, 2.05) is 0 Å². The fourth-order valence-corrected chi connectivity index (χ4v) is 3.17. The second kappa shape index (κ2) is 7.31. The number of methoxy groups -OCH3 is 2. The zero-order valence-corrected chi connectivity index (χ0v) is 14.7. The van der Waals surface area contributed by atoms with Gasteiger partial charge in [0.15, 0.2) is 0 Å². The molecule has 0 radical (unpaired) electrons. The molecule has 0 spiro atoms. The van der Waals surface area contributed by atoms with E-state index in [-0.39, 0.29) is 33.4 Å². The molecule has 0 unspecified atom stereocenters. The van der Waals surface area contributed by atoms with Crippen LogP contribution in [-0.4, -0.2) is 38.6 Å². The average molecular weight is 366 g/mol. The van der Waals surface area contributed by atoms with Gasteiger partial charge in [0, 0.05) is 6.07 Å². The molecule has 0 saturated heterocycles. The van der Waals surface area contributed by atoms with Crippen molar-refractivity contribution in [2.45, 2.75) is 11.8 Å². The summed E-state index contributed by atoms with van der Waals surface area (Å²) in [5.74, 6) is 0.00519. The maximum atomic E-state index is 12.5. The number of hydrazone groups is 1. The van der Waals surface area contributed by atoms with Crippen molar-refractivity contribution in [2.75, 3.05) is 14.2 Å². The van der Waals surface area contributed by atoms with Gasteiger partial charge in [0.05, 0.1) is 25.5 Å². The van der Waals surface area contributed by atoms with Crippen LogP contribution in [-0.2, 0) is 10.0 Å². The van der Waals surface area contributed by atoms with E-state index >= 15 is 0 Å². The van der Waals surface area contributed by atoms with Crippen molar-refractivity contribution in [2.24, 2.45) is 5.10 Å². The highest BCUT2D eigenvalue weighted by atomic mass is 32.2. The lowest BCUT2D eigenvalue weighted by atomic mass is 10.1. The third-order valence-corrected chi connectivity index (χ3v) is 4.61. The molecule has 0 aliphatic heterocycles. The summed E-state index contributed by atoms with van der Waals surface area (Å²) in [6.07, 6.45) is 0. The highest BCUT2D eigenvalue weighted by molar-refractivity contribution is 7.89. The van der Waals surface area contributed by atoms with E-state index in [0.717, 1.165) is 0 Å². The van der Waals surface area contributed by atoms with Gasteiger partial charge in [-0.1, -0.05) is 6.07 Å². The lowest BCUT2D eigenvalue weighted by Crippen LogP contribution is -2.20. The molecule has 134 valence electrons. The first-order valence-electron chi connectivity index (χ1n) is 7.09. The molecule has 0 aliphatic rings. The second-order valence-corrected chi connectivity index (χ2v) is 6.61. The van der Waals surface area contributed by atoms with Gasteiger partial charge in [0.25, 0.3) is 10.0 Å². The van der Waals surface area contributed by atoms with Crippen molar-refractivity contribution in [1.82, 2.24) is 4.83 Å². The summed E-state index contributed by atoms with van der Waals surface area (Å²) in [4.78, 5) is 1.90. The minimum Gasteiger partial charge on any atom is -0.507 e. The molecule has 8 nitrogen and oxygen atoms in total. The molecular weight excluding hydrogens is 348 g/mol. The molecular formula is C16H18N2O6S. The maximum absolute atomic E-state index is 12.5. The van der Waals surface area contributed by atoms with E-state index < -0.39 is 10.0 Å². The number of nitrogens with zero attached hydrogens (tertiary/aromatic N) is 1. The van der Waals surface area contributed by atoms with Gasteiger partial charge >= 0.3 is 0 Å². The Labute approximate surface area is 145 Å². The van der Waals surface area contributed by atoms with Gasteiger partial charge < -0.3 is 19.7 Å². The fraction of sp³-hybridized carbons (Fsp3) is 0.188. The molecule has 2 aromatic carbocycles. The topological polar surface area (TPSA) is 117 Å². The molecule has 0 fully saturated rings. The van der Waals surface area contributed by atoms with Crippen LogP contribution in [0.1, 0.15) is 12.5 Å². The number of nitrogens with one attached hydrogen (secondary N) is 1. The SMILES string of the molecule is COc1ccc(OC)c(S(=O)(=O)N/N=C(\C)c2c(O)cccc2O)c1. The molecule has 0 bridgehead atoms. The fourth-order valence-electron chi connectivity index (χ4n) is 2.13. The van der Waals surface area contributed by atoms with E-state index in [1.54, 1.807) is 6.07 Å². The van der Waals surface area contributed by atoms with Crippen LogP contribution in [0.15, 0.2) is 46.4 Å². The standard InChI is InChI=1S/C16H18N2O6S/c1-10(16-12(19)5-4-6-13(16)20)17-18-25(21,22)15-9-11(23-2)7-8-14(15)24-3/h4-9,18-20H,1-3H3/b17-10+. The third-order valence-electron chi connectivity index (χ3n) is 3.38. The molecule has 0 saturated carbocycles. The second-order valence-electron chi connectivity index (χ2n) is 4.98. The van der Waals surface area contributed by atoms with Crippen molar-refractivity contribution in [3.63, 3.8) is 0 Å². The zero-order chi connectivity index (χ0) is 18.6. The minimum atomic E-state index is -4.07. The number of phenols is 2. The maximum Gasteiger partial charge on any atom is 0.280 e. The third kappa shape index (κ3) is 3.94. The largest absolute Gasteiger partial charge is 0.507 e. The number of hydrogen-bond acceptors (Lipinski definition) is 7. The lowest BCUT2D eigenvalue weighted by Gasteiger charge is -2.11. The summed E-state index contributed by atoms with van der Waals surface area (Å²) in [5.41, 5.74) is 0.115. The number of benzene rings is 2. The molecule has 2 rings (SSSR count). The predicted octanol–water partition coefficient (Wildman–Crippen LogP) is 1.82. The first-order chi connectivity index (χ1) is 11.8. The number of phenolic OH excluding ortho intramolecular Hbond substituents is 2. The summed E-state index contributed by atoms with van der Waals surface area (Å²) in [6.45, 7) is 1.44. The number of sulfonamides is 1. The Hall–Kier alpha value is -2.94. The van der Waals surface area contributed by atoms with Gasteiger partial charge in [-0.05, 0) is 31.2 Å². The van der Waals surface area contributed by atoms with Gasteiger partial charge in [-0.2, -0.15) is 18.4 Å². The molecule has 0 amide bonds. The van der Waals surface area contributed by atoms with E-state index in [2.05, 4.69) is 9.93 Å².